The number of nitrogens with zero attached hydrogens (tertiary/aromatic N) is 2. The summed E-state index contributed by atoms with van der Waals surface area (Å²) in [5.74, 6) is -4.55. The smallest absolute Gasteiger partial charge is 0.365 e. The Hall–Kier alpha value is -4.47. The number of hydrazine groups is 1. The Morgan fingerprint density at radius 2 is 1.67 bits per heavy atom. The lowest BCUT2D eigenvalue weighted by molar-refractivity contribution is -0.385. The summed E-state index contributed by atoms with van der Waals surface area (Å²) in [6.45, 7) is 9.08. The average Bonchev–Trinajstić information content (AvgIpc) is 2.91. The molecular weight excluding hydrogens is 588 g/mol. The van der Waals surface area contributed by atoms with Gasteiger partial charge >= 0.3 is 18.0 Å². The zero-order valence-electron chi connectivity index (χ0n) is 23.1. The predicted octanol–water partition coefficient (Wildman–Crippen LogP) is 6.02. The number of carbonyl (C=O) groups is 2. The number of nitro groups is 1. The number of ether oxygens (including phenoxy) is 1. The molecule has 0 saturated heterocycles. The van der Waals surface area contributed by atoms with Crippen molar-refractivity contribution in [1.29, 1.82) is 0 Å². The number of hydrogen-bond donors (Lipinski definition) is 3. The molecule has 0 spiro atoms. The number of alkyl halides is 6. The molecular formula is C27H29F6N5O5. The summed E-state index contributed by atoms with van der Waals surface area (Å²) in [7, 11) is 0. The second-order valence-corrected chi connectivity index (χ2v) is 9.84. The highest BCUT2D eigenvalue weighted by molar-refractivity contribution is 5.98. The van der Waals surface area contributed by atoms with Crippen LogP contribution in [0.3, 0.4) is 0 Å². The molecule has 43 heavy (non-hydrogen) atoms. The van der Waals surface area contributed by atoms with Gasteiger partial charge in [0.25, 0.3) is 11.8 Å². The van der Waals surface area contributed by atoms with Crippen LogP contribution in [0.2, 0.25) is 0 Å². The van der Waals surface area contributed by atoms with Crippen LogP contribution in [0.25, 0.3) is 0 Å². The third-order valence-corrected chi connectivity index (χ3v) is 6.02. The van der Waals surface area contributed by atoms with E-state index in [-0.39, 0.29) is 18.1 Å². The van der Waals surface area contributed by atoms with Crippen molar-refractivity contribution in [3.8, 4) is 0 Å². The van der Waals surface area contributed by atoms with E-state index >= 15 is 0 Å². The minimum Gasteiger partial charge on any atom is -0.365 e. The molecule has 3 N–H and O–H groups in total. The van der Waals surface area contributed by atoms with Crippen LogP contribution in [-0.4, -0.2) is 39.0 Å². The molecule has 0 aliphatic rings. The molecule has 1 aromatic heterocycles. The van der Waals surface area contributed by atoms with Crippen molar-refractivity contribution in [3.05, 3.63) is 88.6 Å². The van der Waals surface area contributed by atoms with Gasteiger partial charge in [-0.25, -0.2) is 4.98 Å². The van der Waals surface area contributed by atoms with Crippen molar-refractivity contribution in [1.82, 2.24) is 15.8 Å². The van der Waals surface area contributed by atoms with E-state index in [0.29, 0.717) is 6.42 Å². The molecule has 2 aromatic rings. The number of pyridine rings is 1. The summed E-state index contributed by atoms with van der Waals surface area (Å²) < 4.78 is 89.1. The molecule has 1 atom stereocenters. The lowest BCUT2D eigenvalue weighted by Gasteiger charge is -2.33. The molecule has 0 unspecified atom stereocenters. The molecule has 0 fully saturated rings. The molecule has 0 bridgehead atoms. The van der Waals surface area contributed by atoms with Crippen molar-refractivity contribution in [2.75, 3.05) is 5.32 Å². The topological polar surface area (TPSA) is 135 Å². The van der Waals surface area contributed by atoms with Crippen LogP contribution >= 0.6 is 0 Å². The number of anilines is 1. The number of rotatable bonds is 13. The number of amides is 2. The van der Waals surface area contributed by atoms with E-state index in [1.54, 1.807) is 11.5 Å². The van der Waals surface area contributed by atoms with E-state index in [2.05, 4.69) is 23.5 Å². The van der Waals surface area contributed by atoms with Crippen LogP contribution in [0.15, 0.2) is 61.7 Å². The van der Waals surface area contributed by atoms with Crippen LogP contribution < -0.4 is 16.2 Å². The minimum absolute atomic E-state index is 0.0658. The maximum Gasteiger partial charge on any atom is 0.427 e. The molecule has 1 aromatic carbocycles. The van der Waals surface area contributed by atoms with Gasteiger partial charge in [-0.2, -0.15) is 26.3 Å². The first kappa shape index (κ1) is 34.7. The number of hydrogen-bond acceptors (Lipinski definition) is 7. The monoisotopic (exact) mass is 617 g/mol. The fraction of sp³-hybridized carbons (Fsp3) is 0.370. The van der Waals surface area contributed by atoms with Gasteiger partial charge in [0, 0.05) is 18.0 Å². The largest absolute Gasteiger partial charge is 0.427 e. The maximum absolute atomic E-state index is 14.2. The Balaban J connectivity index is 2.47. The summed E-state index contributed by atoms with van der Waals surface area (Å²) in [5, 5.41) is 14.1. The van der Waals surface area contributed by atoms with E-state index in [9.17, 15) is 46.0 Å². The van der Waals surface area contributed by atoms with E-state index in [4.69, 9.17) is 4.74 Å². The van der Waals surface area contributed by atoms with Gasteiger partial charge in [-0.15, -0.1) is 13.2 Å². The molecule has 0 saturated carbocycles. The molecule has 2 rings (SSSR count). The van der Waals surface area contributed by atoms with Gasteiger partial charge in [0.1, 0.15) is 11.4 Å². The Morgan fingerprint density at radius 1 is 1.05 bits per heavy atom. The first-order chi connectivity index (χ1) is 19.9. The van der Waals surface area contributed by atoms with Gasteiger partial charge in [-0.1, -0.05) is 42.5 Å². The van der Waals surface area contributed by atoms with E-state index in [1.165, 1.54) is 49.6 Å². The van der Waals surface area contributed by atoms with Gasteiger partial charge in [0.05, 0.1) is 11.5 Å². The second-order valence-electron chi connectivity index (χ2n) is 9.84. The van der Waals surface area contributed by atoms with Crippen LogP contribution in [0.4, 0.5) is 37.8 Å². The summed E-state index contributed by atoms with van der Waals surface area (Å²) in [4.78, 5) is 39.6. The maximum atomic E-state index is 14.2. The zero-order chi connectivity index (χ0) is 32.6. The molecule has 0 aliphatic carbocycles. The Kier molecular flexibility index (Phi) is 11.0. The summed E-state index contributed by atoms with van der Waals surface area (Å²) in [5.41, 5.74) is -5.49. The SMILES string of the molecule is C=CCCC(C)(C)Nc1nc(C(=O)NNC(=O)[C@@](CC=C)(OCc2ccccc2)C(F)(F)F)c([N+](=O)[O-])cc1C(F)(F)F. The number of benzene rings is 1. The highest BCUT2D eigenvalue weighted by atomic mass is 19.4. The van der Waals surface area contributed by atoms with E-state index < -0.39 is 76.0 Å². The number of nitrogens with one attached hydrogen (secondary N) is 3. The Morgan fingerprint density at radius 3 is 2.19 bits per heavy atom. The molecule has 0 radical (unpaired) electrons. The van der Waals surface area contributed by atoms with Crippen LogP contribution in [-0.2, 0) is 22.3 Å². The minimum atomic E-state index is -5.35. The van der Waals surface area contributed by atoms with Crippen molar-refractivity contribution in [2.24, 2.45) is 0 Å². The van der Waals surface area contributed by atoms with Crippen LogP contribution in [0, 0.1) is 10.1 Å². The predicted molar refractivity (Wildman–Crippen MR) is 143 cm³/mol. The normalized spacial score (nSPS) is 13.4. The van der Waals surface area contributed by atoms with E-state index in [0.717, 1.165) is 6.08 Å². The lowest BCUT2D eigenvalue weighted by Crippen LogP contribution is -2.61. The number of allylic oxidation sites excluding steroid dienone is 1. The molecule has 10 nitrogen and oxygen atoms in total. The second kappa shape index (κ2) is 13.7. The first-order valence-electron chi connectivity index (χ1n) is 12.5. The van der Waals surface area contributed by atoms with Crippen molar-refractivity contribution < 1.29 is 45.6 Å². The third-order valence-electron chi connectivity index (χ3n) is 6.02. The van der Waals surface area contributed by atoms with Crippen LogP contribution in [0.5, 0.6) is 0 Å². The molecule has 0 aliphatic heterocycles. The zero-order valence-corrected chi connectivity index (χ0v) is 23.1. The van der Waals surface area contributed by atoms with Gasteiger partial charge in [0.15, 0.2) is 0 Å². The molecule has 234 valence electrons. The highest BCUT2D eigenvalue weighted by Gasteiger charge is 2.61. The third kappa shape index (κ3) is 8.76. The van der Waals surface area contributed by atoms with Gasteiger partial charge in [0.2, 0.25) is 11.3 Å². The summed E-state index contributed by atoms with van der Waals surface area (Å²) in [6.07, 6.45) is -8.72. The quantitative estimate of drug-likeness (QED) is 0.108. The fourth-order valence-corrected chi connectivity index (χ4v) is 3.77. The average molecular weight is 618 g/mol. The summed E-state index contributed by atoms with van der Waals surface area (Å²) >= 11 is 0. The fourth-order valence-electron chi connectivity index (χ4n) is 3.77. The Labute approximate surface area is 242 Å². The van der Waals surface area contributed by atoms with E-state index in [1.807, 2.05) is 0 Å². The van der Waals surface area contributed by atoms with Crippen molar-refractivity contribution in [2.45, 2.75) is 63.2 Å². The van der Waals surface area contributed by atoms with Gasteiger partial charge in [-0.05, 0) is 32.3 Å². The number of aromatic nitrogens is 1. The first-order valence-corrected chi connectivity index (χ1v) is 12.5. The van der Waals surface area contributed by atoms with Gasteiger partial charge < -0.3 is 10.1 Å². The van der Waals surface area contributed by atoms with Gasteiger partial charge in [-0.3, -0.25) is 30.6 Å². The number of carbonyl (C=O) groups excluding carboxylic acids is 2. The molecule has 2 amide bonds. The Bertz CT molecular complexity index is 1350. The van der Waals surface area contributed by atoms with Crippen molar-refractivity contribution >= 4 is 23.3 Å². The summed E-state index contributed by atoms with van der Waals surface area (Å²) in [6, 6.07) is 7.59. The molecule has 1 heterocycles. The standard InChI is InChI=1S/C27H29F6N5O5/c1-5-7-14-24(3,4)35-21-18(26(28,29)30)15-19(38(41)42)20(34-21)22(39)36-37-23(40)25(13-6-2,27(31,32)33)43-16-17-11-9-8-10-12-17/h5-6,8-12,15H,1-2,7,13-14,16H2,3-4H3,(H,34,35)(H,36,39)(H,37,40)/t25-/m1/s1. The molecule has 16 heteroatoms. The van der Waals surface area contributed by atoms with Crippen LogP contribution in [0.1, 0.15) is 54.7 Å². The van der Waals surface area contributed by atoms with Crippen molar-refractivity contribution in [3.63, 3.8) is 0 Å². The highest BCUT2D eigenvalue weighted by Crippen LogP contribution is 2.39. The number of halogens is 6. The lowest BCUT2D eigenvalue weighted by atomic mass is 9.97.